The molecule has 0 bridgehead atoms. The predicted molar refractivity (Wildman–Crippen MR) is 57.6 cm³/mol. The molecule has 0 aromatic rings. The minimum absolute atomic E-state index is 0.164. The van der Waals surface area contributed by atoms with Crippen LogP contribution in [0, 0.1) is 5.92 Å². The summed E-state index contributed by atoms with van der Waals surface area (Å²) in [6.45, 7) is 3.07. The van der Waals surface area contributed by atoms with Gasteiger partial charge in [-0.1, -0.05) is 0 Å². The van der Waals surface area contributed by atoms with Gasteiger partial charge in [-0.2, -0.15) is 13.2 Å². The average Bonchev–Trinajstić information content (AvgIpc) is 2.71. The molecule has 0 spiro atoms. The van der Waals surface area contributed by atoms with E-state index in [1.165, 1.54) is 13.8 Å². The van der Waals surface area contributed by atoms with Crippen molar-refractivity contribution in [3.05, 3.63) is 0 Å². The number of carboxylic acids is 1. The van der Waals surface area contributed by atoms with E-state index in [9.17, 15) is 22.8 Å². The lowest BCUT2D eigenvalue weighted by molar-refractivity contribution is -0.178. The first kappa shape index (κ1) is 15.0. The van der Waals surface area contributed by atoms with Gasteiger partial charge in [0, 0.05) is 0 Å². The van der Waals surface area contributed by atoms with Crippen molar-refractivity contribution in [2.24, 2.45) is 5.92 Å². The minimum atomic E-state index is -5.02. The summed E-state index contributed by atoms with van der Waals surface area (Å²) in [5, 5.41) is 10.9. The maximum absolute atomic E-state index is 12.3. The highest BCUT2D eigenvalue weighted by Gasteiger charge is 2.57. The predicted octanol–water partition coefficient (Wildman–Crippen LogP) is 0.658. The van der Waals surface area contributed by atoms with Crippen molar-refractivity contribution < 1.29 is 37.3 Å². The summed E-state index contributed by atoms with van der Waals surface area (Å²) in [5.74, 6) is -5.41. The number of fused-ring (bicyclic) bond motifs is 1. The van der Waals surface area contributed by atoms with Gasteiger partial charge in [-0.25, -0.2) is 0 Å². The summed E-state index contributed by atoms with van der Waals surface area (Å²) >= 11 is 0. The lowest BCUT2D eigenvalue weighted by Crippen LogP contribution is -2.48. The molecule has 9 heteroatoms. The molecule has 2 fully saturated rings. The molecule has 0 unspecified atom stereocenters. The monoisotopic (exact) mass is 297 g/mol. The summed E-state index contributed by atoms with van der Waals surface area (Å²) in [7, 11) is 0. The van der Waals surface area contributed by atoms with E-state index in [2.05, 4.69) is 0 Å². The van der Waals surface area contributed by atoms with Gasteiger partial charge in [-0.15, -0.1) is 0 Å². The Kier molecular flexibility index (Phi) is 3.45. The van der Waals surface area contributed by atoms with Crippen molar-refractivity contribution in [1.82, 2.24) is 5.32 Å². The lowest BCUT2D eigenvalue weighted by Gasteiger charge is -2.23. The van der Waals surface area contributed by atoms with Gasteiger partial charge < -0.3 is 19.9 Å². The van der Waals surface area contributed by atoms with E-state index < -0.39 is 48.0 Å². The summed E-state index contributed by atoms with van der Waals surface area (Å²) in [6, 6.07) is -1.04. The molecule has 4 atom stereocenters. The van der Waals surface area contributed by atoms with Crippen LogP contribution in [-0.4, -0.2) is 47.2 Å². The van der Waals surface area contributed by atoms with Crippen LogP contribution in [0.2, 0.25) is 0 Å². The molecule has 6 nitrogen and oxygen atoms in total. The number of carbonyl (C=O) groups is 2. The van der Waals surface area contributed by atoms with Crippen molar-refractivity contribution >= 4 is 11.9 Å². The fourth-order valence-electron chi connectivity index (χ4n) is 2.61. The number of rotatable bonds is 2. The number of nitrogens with one attached hydrogen (secondary N) is 1. The molecule has 1 saturated carbocycles. The lowest BCUT2D eigenvalue weighted by atomic mass is 10.1. The second-order valence-electron chi connectivity index (χ2n) is 5.32. The van der Waals surface area contributed by atoms with E-state index >= 15 is 0 Å². The van der Waals surface area contributed by atoms with Crippen LogP contribution < -0.4 is 5.32 Å². The van der Waals surface area contributed by atoms with Crippen LogP contribution in [0.1, 0.15) is 20.3 Å². The maximum atomic E-state index is 12.3. The second-order valence-corrected chi connectivity index (χ2v) is 5.32. The van der Waals surface area contributed by atoms with E-state index in [1.54, 1.807) is 5.32 Å². The molecule has 2 N–H and O–H groups in total. The van der Waals surface area contributed by atoms with Crippen molar-refractivity contribution in [2.75, 3.05) is 0 Å². The highest BCUT2D eigenvalue weighted by Crippen LogP contribution is 2.42. The summed E-state index contributed by atoms with van der Waals surface area (Å²) in [4.78, 5) is 22.1. The summed E-state index contributed by atoms with van der Waals surface area (Å²) in [5.41, 5.74) is 0. The number of carboxylic acid groups (broad SMARTS) is 1. The van der Waals surface area contributed by atoms with Gasteiger partial charge in [0.05, 0.1) is 12.0 Å². The number of ether oxygens (including phenoxy) is 2. The molecule has 2 rings (SSSR count). The minimum Gasteiger partial charge on any atom is -0.481 e. The zero-order chi connectivity index (χ0) is 15.3. The van der Waals surface area contributed by atoms with Crippen LogP contribution in [0.15, 0.2) is 0 Å². The van der Waals surface area contributed by atoms with Crippen LogP contribution in [0.25, 0.3) is 0 Å². The number of halogens is 3. The Labute approximate surface area is 112 Å². The van der Waals surface area contributed by atoms with E-state index in [0.29, 0.717) is 0 Å². The van der Waals surface area contributed by atoms with E-state index in [1.807, 2.05) is 0 Å². The smallest absolute Gasteiger partial charge is 0.471 e. The Morgan fingerprint density at radius 3 is 2.30 bits per heavy atom. The van der Waals surface area contributed by atoms with Gasteiger partial charge in [0.15, 0.2) is 5.79 Å². The van der Waals surface area contributed by atoms with Gasteiger partial charge in [0.1, 0.15) is 12.2 Å². The SMILES string of the molecule is CC1(C)O[C@@H]2[C@H](O1)[C@@H](NC(=O)C(F)(F)F)C[C@H]2C(=O)O. The number of amides is 1. The van der Waals surface area contributed by atoms with Crippen molar-refractivity contribution in [3.63, 3.8) is 0 Å². The molecule has 0 aromatic carbocycles. The molecular weight excluding hydrogens is 283 g/mol. The van der Waals surface area contributed by atoms with E-state index in [0.717, 1.165) is 0 Å². The Morgan fingerprint density at radius 1 is 1.25 bits per heavy atom. The number of carbonyl (C=O) groups excluding carboxylic acids is 1. The van der Waals surface area contributed by atoms with Crippen molar-refractivity contribution in [2.45, 2.75) is 50.5 Å². The normalized spacial score (nSPS) is 35.6. The van der Waals surface area contributed by atoms with Gasteiger partial charge in [0.2, 0.25) is 0 Å². The fourth-order valence-corrected chi connectivity index (χ4v) is 2.61. The quantitative estimate of drug-likeness (QED) is 0.782. The zero-order valence-corrected chi connectivity index (χ0v) is 10.7. The topological polar surface area (TPSA) is 84.9 Å². The number of hydrogen-bond donors (Lipinski definition) is 2. The van der Waals surface area contributed by atoms with Gasteiger partial charge >= 0.3 is 18.1 Å². The third-order valence-corrected chi connectivity index (χ3v) is 3.36. The Hall–Kier alpha value is -1.35. The number of aliphatic carboxylic acids is 1. The van der Waals surface area contributed by atoms with E-state index in [4.69, 9.17) is 14.6 Å². The van der Waals surface area contributed by atoms with Crippen LogP contribution in [-0.2, 0) is 19.1 Å². The summed E-state index contributed by atoms with van der Waals surface area (Å²) < 4.78 is 47.6. The molecule has 20 heavy (non-hydrogen) atoms. The zero-order valence-electron chi connectivity index (χ0n) is 10.7. The molecular formula is C11H14F3NO5. The largest absolute Gasteiger partial charge is 0.481 e. The van der Waals surface area contributed by atoms with Gasteiger partial charge in [-0.05, 0) is 20.3 Å². The highest BCUT2D eigenvalue weighted by atomic mass is 19.4. The third-order valence-electron chi connectivity index (χ3n) is 3.36. The molecule has 114 valence electrons. The maximum Gasteiger partial charge on any atom is 0.471 e. The standard InChI is InChI=1S/C11H14F3NO5/c1-10(2)19-6-4(8(16)17)3-5(7(6)20-10)15-9(18)11(12,13)14/h4-7H,3H2,1-2H3,(H,15,18)(H,16,17)/t4-,5+,6+,7-/m1/s1. The van der Waals surface area contributed by atoms with E-state index in [-0.39, 0.29) is 6.42 Å². The molecule has 1 aliphatic heterocycles. The molecule has 0 radical (unpaired) electrons. The number of alkyl halides is 3. The van der Waals surface area contributed by atoms with Gasteiger partial charge in [0.25, 0.3) is 0 Å². The Bertz CT molecular complexity index is 436. The average molecular weight is 297 g/mol. The van der Waals surface area contributed by atoms with Crippen LogP contribution in [0.5, 0.6) is 0 Å². The van der Waals surface area contributed by atoms with Crippen molar-refractivity contribution in [3.8, 4) is 0 Å². The third kappa shape index (κ3) is 2.73. The first-order valence-electron chi connectivity index (χ1n) is 5.97. The number of hydrogen-bond acceptors (Lipinski definition) is 4. The fraction of sp³-hybridized carbons (Fsp3) is 0.818. The van der Waals surface area contributed by atoms with Crippen LogP contribution in [0.3, 0.4) is 0 Å². The van der Waals surface area contributed by atoms with Crippen LogP contribution in [0.4, 0.5) is 13.2 Å². The molecule has 0 aromatic heterocycles. The highest BCUT2D eigenvalue weighted by molar-refractivity contribution is 5.82. The Morgan fingerprint density at radius 2 is 1.80 bits per heavy atom. The summed E-state index contributed by atoms with van der Waals surface area (Å²) in [6.07, 6.45) is -6.97. The molecule has 1 heterocycles. The molecule has 2 aliphatic rings. The molecule has 1 saturated heterocycles. The first-order valence-corrected chi connectivity index (χ1v) is 5.97. The first-order chi connectivity index (χ1) is 9.01. The van der Waals surface area contributed by atoms with Crippen LogP contribution >= 0.6 is 0 Å². The molecule has 1 amide bonds. The van der Waals surface area contributed by atoms with Gasteiger partial charge in [-0.3, -0.25) is 9.59 Å². The molecule has 1 aliphatic carbocycles. The van der Waals surface area contributed by atoms with Crippen molar-refractivity contribution in [1.29, 1.82) is 0 Å². The Balaban J connectivity index is 2.15. The second kappa shape index (κ2) is 4.59.